The number of benzene rings is 2. The quantitative estimate of drug-likeness (QED) is 0.418. The molecule has 36 heavy (non-hydrogen) atoms. The predicted octanol–water partition coefficient (Wildman–Crippen LogP) is 3.59. The molecule has 2 aromatic heterocycles. The molecule has 1 aliphatic heterocycles. The highest BCUT2D eigenvalue weighted by molar-refractivity contribution is 5.98. The molecule has 8 nitrogen and oxygen atoms in total. The molecular formula is C28H30N6O2. The monoisotopic (exact) mass is 482 g/mol. The fourth-order valence-corrected chi connectivity index (χ4v) is 4.70. The van der Waals surface area contributed by atoms with Crippen LogP contribution in [0.3, 0.4) is 0 Å². The molecule has 3 heterocycles. The van der Waals surface area contributed by atoms with Gasteiger partial charge in [-0.25, -0.2) is 14.5 Å². The number of anilines is 2. The maximum absolute atomic E-state index is 13.6. The zero-order valence-corrected chi connectivity index (χ0v) is 20.7. The number of carbonyl (C=O) groups is 1. The van der Waals surface area contributed by atoms with Crippen LogP contribution in [-0.2, 0) is 0 Å². The third-order valence-corrected chi connectivity index (χ3v) is 6.70. The van der Waals surface area contributed by atoms with E-state index in [0.717, 1.165) is 24.6 Å². The lowest BCUT2D eigenvalue weighted by molar-refractivity contribution is 0.0746. The summed E-state index contributed by atoms with van der Waals surface area (Å²) in [4.78, 5) is 42.4. The van der Waals surface area contributed by atoms with Gasteiger partial charge in [0, 0.05) is 51.0 Å². The molecular weight excluding hydrogens is 452 g/mol. The molecule has 1 aliphatic rings. The van der Waals surface area contributed by atoms with Crippen molar-refractivity contribution in [2.24, 2.45) is 0 Å². The fraction of sp³-hybridized carbons (Fsp3) is 0.286. The van der Waals surface area contributed by atoms with Gasteiger partial charge >= 0.3 is 0 Å². The van der Waals surface area contributed by atoms with Gasteiger partial charge in [0.1, 0.15) is 5.82 Å². The van der Waals surface area contributed by atoms with Crippen molar-refractivity contribution in [3.63, 3.8) is 0 Å². The number of piperazine rings is 1. The fourth-order valence-electron chi connectivity index (χ4n) is 4.70. The summed E-state index contributed by atoms with van der Waals surface area (Å²) in [5.41, 5.74) is 1.71. The van der Waals surface area contributed by atoms with E-state index in [2.05, 4.69) is 14.8 Å². The third-order valence-electron chi connectivity index (χ3n) is 6.70. The summed E-state index contributed by atoms with van der Waals surface area (Å²) in [7, 11) is 0. The Morgan fingerprint density at radius 1 is 0.917 bits per heavy atom. The lowest BCUT2D eigenvalue weighted by Crippen LogP contribution is -2.49. The number of nitrogens with zero attached hydrogens (tertiary/aromatic N) is 6. The first-order valence-corrected chi connectivity index (χ1v) is 12.4. The molecule has 0 atom stereocenters. The highest BCUT2D eigenvalue weighted by Gasteiger charge is 2.24. The standard InChI is InChI=1S/C28H30N6O2/c1-3-31(4-2)28-30-24-20-21(13-14-23(24)27(36)34(28)22-10-6-5-7-11-22)26(35)33-18-16-32(17-19-33)25-12-8-9-15-29-25/h5-15,20H,3-4,16-19H2,1-2H3. The summed E-state index contributed by atoms with van der Waals surface area (Å²) in [5, 5.41) is 0.492. The van der Waals surface area contributed by atoms with E-state index in [1.807, 2.05) is 67.3 Å². The normalized spacial score (nSPS) is 13.7. The van der Waals surface area contributed by atoms with E-state index in [1.54, 1.807) is 29.0 Å². The first-order chi connectivity index (χ1) is 17.6. The molecule has 0 unspecified atom stereocenters. The molecule has 0 aliphatic carbocycles. The first kappa shape index (κ1) is 23.5. The van der Waals surface area contributed by atoms with Crippen molar-refractivity contribution in [3.05, 3.63) is 88.8 Å². The number of carbonyl (C=O) groups excluding carboxylic acids is 1. The number of amides is 1. The van der Waals surface area contributed by atoms with Crippen molar-refractivity contribution in [3.8, 4) is 5.69 Å². The van der Waals surface area contributed by atoms with Gasteiger partial charge in [-0.3, -0.25) is 9.59 Å². The zero-order chi connectivity index (χ0) is 25.1. The van der Waals surface area contributed by atoms with Gasteiger partial charge < -0.3 is 14.7 Å². The molecule has 1 fully saturated rings. The Hall–Kier alpha value is -4.20. The van der Waals surface area contributed by atoms with Crippen LogP contribution in [0.5, 0.6) is 0 Å². The number of hydrogen-bond acceptors (Lipinski definition) is 6. The average Bonchev–Trinajstić information content (AvgIpc) is 2.94. The first-order valence-electron chi connectivity index (χ1n) is 12.4. The lowest BCUT2D eigenvalue weighted by atomic mass is 10.1. The van der Waals surface area contributed by atoms with E-state index in [1.165, 1.54) is 0 Å². The van der Waals surface area contributed by atoms with Crippen molar-refractivity contribution in [2.75, 3.05) is 49.1 Å². The van der Waals surface area contributed by atoms with Crippen molar-refractivity contribution in [2.45, 2.75) is 13.8 Å². The van der Waals surface area contributed by atoms with E-state index in [9.17, 15) is 9.59 Å². The van der Waals surface area contributed by atoms with Crippen LogP contribution in [-0.4, -0.2) is 64.6 Å². The smallest absolute Gasteiger partial charge is 0.267 e. The molecule has 1 saturated heterocycles. The van der Waals surface area contributed by atoms with Crippen LogP contribution in [0.2, 0.25) is 0 Å². The molecule has 4 aromatic rings. The Balaban J connectivity index is 1.47. The molecule has 5 rings (SSSR count). The Kier molecular flexibility index (Phi) is 6.66. The molecule has 0 spiro atoms. The van der Waals surface area contributed by atoms with Crippen molar-refractivity contribution < 1.29 is 4.79 Å². The summed E-state index contributed by atoms with van der Waals surface area (Å²) in [6.07, 6.45) is 1.78. The van der Waals surface area contributed by atoms with Crippen LogP contribution >= 0.6 is 0 Å². The van der Waals surface area contributed by atoms with Crippen LogP contribution in [0, 0.1) is 0 Å². The summed E-state index contributed by atoms with van der Waals surface area (Å²) < 4.78 is 1.66. The van der Waals surface area contributed by atoms with Gasteiger partial charge in [0.2, 0.25) is 5.95 Å². The summed E-state index contributed by atoms with van der Waals surface area (Å²) in [6, 6.07) is 20.6. The Morgan fingerprint density at radius 2 is 1.64 bits per heavy atom. The number of rotatable bonds is 6. The second kappa shape index (κ2) is 10.2. The van der Waals surface area contributed by atoms with Gasteiger partial charge in [-0.2, -0.15) is 0 Å². The second-order valence-corrected chi connectivity index (χ2v) is 8.76. The minimum absolute atomic E-state index is 0.0454. The van der Waals surface area contributed by atoms with Gasteiger partial charge in [-0.15, -0.1) is 0 Å². The molecule has 2 aromatic carbocycles. The van der Waals surface area contributed by atoms with Gasteiger partial charge in [-0.05, 0) is 56.3 Å². The minimum atomic E-state index is -0.143. The van der Waals surface area contributed by atoms with Crippen LogP contribution in [0.15, 0.2) is 77.7 Å². The minimum Gasteiger partial charge on any atom is -0.353 e. The number of para-hydroxylation sites is 1. The third kappa shape index (κ3) is 4.42. The maximum Gasteiger partial charge on any atom is 0.267 e. The molecule has 0 N–H and O–H groups in total. The largest absolute Gasteiger partial charge is 0.353 e. The molecule has 0 bridgehead atoms. The Bertz CT molecular complexity index is 1410. The SMILES string of the molecule is CCN(CC)c1nc2cc(C(=O)N3CCN(c4ccccn4)CC3)ccc2c(=O)n1-c1ccccc1. The highest BCUT2D eigenvalue weighted by Crippen LogP contribution is 2.22. The summed E-state index contributed by atoms with van der Waals surface area (Å²) >= 11 is 0. The van der Waals surface area contributed by atoms with Crippen LogP contribution < -0.4 is 15.4 Å². The Morgan fingerprint density at radius 3 is 2.31 bits per heavy atom. The number of hydrogen-bond donors (Lipinski definition) is 0. The van der Waals surface area contributed by atoms with E-state index < -0.39 is 0 Å². The van der Waals surface area contributed by atoms with E-state index in [4.69, 9.17) is 4.98 Å². The van der Waals surface area contributed by atoms with Gasteiger partial charge in [0.05, 0.1) is 16.6 Å². The van der Waals surface area contributed by atoms with Gasteiger partial charge in [-0.1, -0.05) is 24.3 Å². The highest BCUT2D eigenvalue weighted by atomic mass is 16.2. The Labute approximate surface area is 210 Å². The van der Waals surface area contributed by atoms with Gasteiger partial charge in [0.25, 0.3) is 11.5 Å². The van der Waals surface area contributed by atoms with Crippen LogP contribution in [0.1, 0.15) is 24.2 Å². The van der Waals surface area contributed by atoms with Crippen molar-refractivity contribution in [1.29, 1.82) is 0 Å². The lowest BCUT2D eigenvalue weighted by Gasteiger charge is -2.35. The zero-order valence-electron chi connectivity index (χ0n) is 20.7. The molecule has 1 amide bonds. The topological polar surface area (TPSA) is 74.6 Å². The number of pyridine rings is 1. The summed E-state index contributed by atoms with van der Waals surface area (Å²) in [6.45, 7) is 8.17. The van der Waals surface area contributed by atoms with Crippen molar-refractivity contribution >= 4 is 28.6 Å². The predicted molar refractivity (Wildman–Crippen MR) is 143 cm³/mol. The average molecular weight is 483 g/mol. The summed E-state index contributed by atoms with van der Waals surface area (Å²) in [5.74, 6) is 1.46. The molecule has 8 heteroatoms. The molecule has 0 radical (unpaired) electrons. The maximum atomic E-state index is 13.6. The van der Waals surface area contributed by atoms with Crippen molar-refractivity contribution in [1.82, 2.24) is 19.4 Å². The van der Waals surface area contributed by atoms with Gasteiger partial charge in [0.15, 0.2) is 0 Å². The van der Waals surface area contributed by atoms with Crippen LogP contribution in [0.25, 0.3) is 16.6 Å². The van der Waals surface area contributed by atoms with E-state index in [0.29, 0.717) is 48.6 Å². The van der Waals surface area contributed by atoms with Crippen LogP contribution in [0.4, 0.5) is 11.8 Å². The number of fused-ring (bicyclic) bond motifs is 1. The second-order valence-electron chi connectivity index (χ2n) is 8.76. The molecule has 184 valence electrons. The molecule has 0 saturated carbocycles. The number of aromatic nitrogens is 3. The van der Waals surface area contributed by atoms with E-state index >= 15 is 0 Å². The van der Waals surface area contributed by atoms with E-state index in [-0.39, 0.29) is 11.5 Å².